The van der Waals surface area contributed by atoms with Crippen molar-refractivity contribution in [3.63, 3.8) is 0 Å². The molecule has 3 aromatic rings. The third-order valence-corrected chi connectivity index (χ3v) is 5.88. The average molecular weight is 421 g/mol. The zero-order valence-corrected chi connectivity index (χ0v) is 17.9. The lowest BCUT2D eigenvalue weighted by Crippen LogP contribution is -2.25. The molecule has 0 bridgehead atoms. The van der Waals surface area contributed by atoms with E-state index in [1.807, 2.05) is 12.1 Å². The molecule has 162 valence electrons. The largest absolute Gasteiger partial charge is 0.493 e. The van der Waals surface area contributed by atoms with Crippen molar-refractivity contribution in [2.45, 2.75) is 32.3 Å². The topological polar surface area (TPSA) is 77.1 Å². The van der Waals surface area contributed by atoms with E-state index in [9.17, 15) is 0 Å². The number of oxime groups is 1. The Hall–Kier alpha value is -3.19. The highest BCUT2D eigenvalue weighted by Crippen LogP contribution is 2.42. The fourth-order valence-corrected chi connectivity index (χ4v) is 4.37. The number of aromatic nitrogens is 1. The number of benzene rings is 2. The number of aryl methyl sites for hydroxylation is 1. The van der Waals surface area contributed by atoms with Crippen LogP contribution in [-0.4, -0.2) is 43.8 Å². The van der Waals surface area contributed by atoms with Gasteiger partial charge in [-0.05, 0) is 49.2 Å². The number of hydrogen-bond donors (Lipinski definition) is 2. The first-order valence-electron chi connectivity index (χ1n) is 10.7. The molecule has 2 aliphatic rings. The normalized spacial score (nSPS) is 17.1. The quantitative estimate of drug-likeness (QED) is 0.542. The van der Waals surface area contributed by atoms with Crippen LogP contribution in [0.3, 0.4) is 0 Å². The summed E-state index contributed by atoms with van der Waals surface area (Å²) in [7, 11) is 1.64. The predicted octanol–water partition coefficient (Wildman–Crippen LogP) is 3.73. The van der Waals surface area contributed by atoms with Crippen LogP contribution in [0.4, 0.5) is 0 Å². The van der Waals surface area contributed by atoms with Crippen LogP contribution in [0.1, 0.15) is 23.2 Å². The molecule has 0 saturated heterocycles. The Morgan fingerprint density at radius 2 is 2.13 bits per heavy atom. The third-order valence-electron chi connectivity index (χ3n) is 5.88. The second-order valence-electron chi connectivity index (χ2n) is 8.03. The molecule has 2 aliphatic heterocycles. The van der Waals surface area contributed by atoms with Gasteiger partial charge in [0.2, 0.25) is 12.5 Å². The molecule has 0 radical (unpaired) electrons. The second-order valence-corrected chi connectivity index (χ2v) is 8.03. The van der Waals surface area contributed by atoms with Crippen LogP contribution in [-0.2, 0) is 17.7 Å². The summed E-state index contributed by atoms with van der Waals surface area (Å²) < 4.78 is 16.4. The molecular formula is C24H27N3O4. The Morgan fingerprint density at radius 3 is 3.03 bits per heavy atom. The number of rotatable bonds is 8. The minimum atomic E-state index is 0.0257. The maximum Gasteiger partial charge on any atom is 0.231 e. The van der Waals surface area contributed by atoms with Crippen molar-refractivity contribution >= 4 is 16.6 Å². The van der Waals surface area contributed by atoms with Gasteiger partial charge in [-0.15, -0.1) is 0 Å². The second kappa shape index (κ2) is 8.51. The summed E-state index contributed by atoms with van der Waals surface area (Å²) in [5.74, 6) is 2.09. The number of nitrogens with one attached hydrogen (secondary N) is 2. The molecule has 0 spiro atoms. The highest BCUT2D eigenvalue weighted by molar-refractivity contribution is 5.87. The number of aromatic amines is 1. The maximum atomic E-state index is 5.67. The number of ether oxygens (including phenoxy) is 3. The zero-order chi connectivity index (χ0) is 21.2. The fourth-order valence-electron chi connectivity index (χ4n) is 4.37. The molecule has 0 unspecified atom stereocenters. The lowest BCUT2D eigenvalue weighted by atomic mass is 10.0. The van der Waals surface area contributed by atoms with E-state index in [2.05, 4.69) is 46.6 Å². The van der Waals surface area contributed by atoms with Crippen molar-refractivity contribution in [2.24, 2.45) is 5.16 Å². The summed E-state index contributed by atoms with van der Waals surface area (Å²) in [6.07, 6.45) is 2.56. The summed E-state index contributed by atoms with van der Waals surface area (Å²) in [4.78, 5) is 9.14. The molecule has 31 heavy (non-hydrogen) atoms. The van der Waals surface area contributed by atoms with E-state index in [1.54, 1.807) is 7.11 Å². The summed E-state index contributed by atoms with van der Waals surface area (Å²) >= 11 is 0. The molecule has 0 aliphatic carbocycles. The highest BCUT2D eigenvalue weighted by Gasteiger charge is 2.25. The van der Waals surface area contributed by atoms with Gasteiger partial charge in [0.25, 0.3) is 0 Å². The molecule has 2 N–H and O–H groups in total. The van der Waals surface area contributed by atoms with E-state index in [0.29, 0.717) is 11.5 Å². The minimum Gasteiger partial charge on any atom is -0.493 e. The molecule has 0 saturated carbocycles. The van der Waals surface area contributed by atoms with Crippen LogP contribution in [0.5, 0.6) is 17.2 Å². The molecular weight excluding hydrogens is 394 g/mol. The van der Waals surface area contributed by atoms with Crippen molar-refractivity contribution in [1.29, 1.82) is 0 Å². The lowest BCUT2D eigenvalue weighted by Gasteiger charge is -2.11. The van der Waals surface area contributed by atoms with Gasteiger partial charge >= 0.3 is 0 Å². The Morgan fingerprint density at radius 1 is 1.23 bits per heavy atom. The molecule has 1 atom stereocenters. The molecule has 2 aromatic carbocycles. The lowest BCUT2D eigenvalue weighted by molar-refractivity contribution is 0.0858. The van der Waals surface area contributed by atoms with Crippen LogP contribution < -0.4 is 19.5 Å². The number of para-hydroxylation sites is 1. The molecule has 0 fully saturated rings. The monoisotopic (exact) mass is 421 g/mol. The van der Waals surface area contributed by atoms with E-state index in [4.69, 9.17) is 19.0 Å². The van der Waals surface area contributed by atoms with Crippen molar-refractivity contribution in [2.75, 3.05) is 27.0 Å². The Bertz CT molecular complexity index is 1120. The van der Waals surface area contributed by atoms with Gasteiger partial charge in [0.05, 0.1) is 12.8 Å². The standard InChI is InChI=1S/C24H27N3O4/c1-15-19(20-5-3-4-6-21(20)26-15)7-8-25-13-17-12-18(31-27-17)9-16-10-22(28-2)24-23(11-16)29-14-30-24/h3-6,10-11,18,25-26H,7-9,12-14H2,1-2H3/t18-/m1/s1. The van der Waals surface area contributed by atoms with Gasteiger partial charge in [0.15, 0.2) is 11.5 Å². The first-order valence-corrected chi connectivity index (χ1v) is 10.7. The summed E-state index contributed by atoms with van der Waals surface area (Å²) in [5.41, 5.74) is 5.95. The van der Waals surface area contributed by atoms with Crippen molar-refractivity contribution in [1.82, 2.24) is 10.3 Å². The Labute approximate surface area is 181 Å². The maximum absolute atomic E-state index is 5.67. The SMILES string of the molecule is COc1cc(C[C@@H]2CC(CNCCc3c(C)[nH]c4ccccc34)=NO2)cc2c1OCO2. The number of methoxy groups -OCH3 is 1. The van der Waals surface area contributed by atoms with Crippen molar-refractivity contribution in [3.05, 3.63) is 53.2 Å². The average Bonchev–Trinajstić information content (AvgIpc) is 3.49. The third kappa shape index (κ3) is 4.05. The number of hydrogen-bond acceptors (Lipinski definition) is 6. The Kier molecular flexibility index (Phi) is 5.42. The molecule has 1 aromatic heterocycles. The Balaban J connectivity index is 1.11. The first-order chi connectivity index (χ1) is 15.2. The number of H-pyrrole nitrogens is 1. The van der Waals surface area contributed by atoms with E-state index >= 15 is 0 Å². The molecule has 7 nitrogen and oxygen atoms in total. The van der Waals surface area contributed by atoms with Crippen molar-refractivity contribution < 1.29 is 19.0 Å². The minimum absolute atomic E-state index is 0.0257. The van der Waals surface area contributed by atoms with Crippen LogP contribution >= 0.6 is 0 Å². The van der Waals surface area contributed by atoms with Gasteiger partial charge in [0.1, 0.15) is 6.10 Å². The van der Waals surface area contributed by atoms with E-state index < -0.39 is 0 Å². The molecule has 3 heterocycles. The molecule has 0 amide bonds. The smallest absolute Gasteiger partial charge is 0.231 e. The van der Waals surface area contributed by atoms with E-state index in [1.165, 1.54) is 22.2 Å². The van der Waals surface area contributed by atoms with Crippen LogP contribution in [0, 0.1) is 6.92 Å². The molecule has 5 rings (SSSR count). The number of fused-ring (bicyclic) bond motifs is 2. The van der Waals surface area contributed by atoms with Gasteiger partial charge in [0, 0.05) is 36.0 Å². The molecule has 7 heteroatoms. The van der Waals surface area contributed by atoms with E-state index in [-0.39, 0.29) is 12.9 Å². The van der Waals surface area contributed by atoms with Crippen LogP contribution in [0.25, 0.3) is 10.9 Å². The summed E-state index contributed by atoms with van der Waals surface area (Å²) in [6.45, 7) is 4.00. The fraction of sp³-hybridized carbons (Fsp3) is 0.375. The van der Waals surface area contributed by atoms with Gasteiger partial charge in [-0.2, -0.15) is 0 Å². The van der Waals surface area contributed by atoms with Gasteiger partial charge in [-0.1, -0.05) is 23.4 Å². The van der Waals surface area contributed by atoms with Crippen LogP contribution in [0.2, 0.25) is 0 Å². The van der Waals surface area contributed by atoms with E-state index in [0.717, 1.165) is 49.4 Å². The van der Waals surface area contributed by atoms with Gasteiger partial charge < -0.3 is 29.3 Å². The van der Waals surface area contributed by atoms with Crippen molar-refractivity contribution in [3.8, 4) is 17.2 Å². The van der Waals surface area contributed by atoms with Gasteiger partial charge in [-0.25, -0.2) is 0 Å². The van der Waals surface area contributed by atoms with Crippen LogP contribution in [0.15, 0.2) is 41.6 Å². The first kappa shape index (κ1) is 19.8. The highest BCUT2D eigenvalue weighted by atomic mass is 16.7. The number of nitrogens with zero attached hydrogens (tertiary/aromatic N) is 1. The summed E-state index contributed by atoms with van der Waals surface area (Å²) in [5, 5.41) is 9.11. The predicted molar refractivity (Wildman–Crippen MR) is 119 cm³/mol. The summed E-state index contributed by atoms with van der Waals surface area (Å²) in [6, 6.07) is 12.4. The zero-order valence-electron chi connectivity index (χ0n) is 17.9. The van der Waals surface area contributed by atoms with Gasteiger partial charge in [-0.3, -0.25) is 0 Å².